The van der Waals surface area contributed by atoms with Gasteiger partial charge in [-0.2, -0.15) is 11.8 Å². The summed E-state index contributed by atoms with van der Waals surface area (Å²) in [5.74, 6) is 1.80. The van der Waals surface area contributed by atoms with Crippen molar-refractivity contribution >= 4 is 27.5 Å². The van der Waals surface area contributed by atoms with E-state index < -0.39 is 10.0 Å². The molecule has 1 aliphatic heterocycles. The van der Waals surface area contributed by atoms with Gasteiger partial charge in [0.2, 0.25) is 0 Å². The number of sulfonamides is 1. The number of nitrogens with two attached hydrogens (primary N) is 1. The molecule has 0 spiro atoms. The van der Waals surface area contributed by atoms with Crippen molar-refractivity contribution in [1.29, 1.82) is 0 Å². The molecule has 1 fully saturated rings. The molecule has 1 atom stereocenters. The second kappa shape index (κ2) is 4.60. The van der Waals surface area contributed by atoms with Gasteiger partial charge >= 0.3 is 0 Å². The SMILES string of the molecule is Nc1cccnc1S(=O)(=O)NC1CCSC1. The zero-order chi connectivity index (χ0) is 11.6. The largest absolute Gasteiger partial charge is 0.396 e. The van der Waals surface area contributed by atoms with Gasteiger partial charge in [0.25, 0.3) is 10.0 Å². The minimum absolute atomic E-state index is 0.00333. The van der Waals surface area contributed by atoms with Crippen LogP contribution in [-0.4, -0.2) is 30.9 Å². The molecule has 1 saturated heterocycles. The van der Waals surface area contributed by atoms with E-state index in [1.165, 1.54) is 12.3 Å². The molecular weight excluding hydrogens is 246 g/mol. The number of rotatable bonds is 3. The van der Waals surface area contributed by atoms with Crippen LogP contribution in [0.15, 0.2) is 23.4 Å². The number of nitrogens with one attached hydrogen (secondary N) is 1. The fourth-order valence-electron chi connectivity index (χ4n) is 1.53. The number of hydrogen-bond donors (Lipinski definition) is 2. The Morgan fingerprint density at radius 1 is 1.56 bits per heavy atom. The summed E-state index contributed by atoms with van der Waals surface area (Å²) in [6, 6.07) is 3.14. The van der Waals surface area contributed by atoms with Crippen LogP contribution in [0.3, 0.4) is 0 Å². The van der Waals surface area contributed by atoms with Crippen LogP contribution >= 0.6 is 11.8 Å². The summed E-state index contributed by atoms with van der Waals surface area (Å²) in [7, 11) is -3.57. The van der Waals surface area contributed by atoms with Crippen LogP contribution in [0.25, 0.3) is 0 Å². The van der Waals surface area contributed by atoms with Gasteiger partial charge in [-0.1, -0.05) is 0 Å². The predicted octanol–water partition coefficient (Wildman–Crippen LogP) is 0.448. The fraction of sp³-hybridized carbons (Fsp3) is 0.444. The number of anilines is 1. The van der Waals surface area contributed by atoms with Crippen molar-refractivity contribution in [2.45, 2.75) is 17.5 Å². The first kappa shape index (κ1) is 11.7. The number of pyridine rings is 1. The van der Waals surface area contributed by atoms with Crippen molar-refractivity contribution in [2.24, 2.45) is 0 Å². The van der Waals surface area contributed by atoms with Gasteiger partial charge in [-0.05, 0) is 24.3 Å². The fourth-order valence-corrected chi connectivity index (χ4v) is 4.12. The van der Waals surface area contributed by atoms with Crippen molar-refractivity contribution in [3.63, 3.8) is 0 Å². The Balaban J connectivity index is 2.21. The highest BCUT2D eigenvalue weighted by Gasteiger charge is 2.25. The minimum Gasteiger partial charge on any atom is -0.396 e. The first-order chi connectivity index (χ1) is 7.59. The molecule has 5 nitrogen and oxygen atoms in total. The van der Waals surface area contributed by atoms with Crippen LogP contribution in [0.5, 0.6) is 0 Å². The van der Waals surface area contributed by atoms with E-state index in [-0.39, 0.29) is 16.8 Å². The molecular formula is C9H13N3O2S2. The van der Waals surface area contributed by atoms with Gasteiger partial charge in [0, 0.05) is 18.0 Å². The van der Waals surface area contributed by atoms with E-state index in [0.29, 0.717) is 0 Å². The number of hydrogen-bond acceptors (Lipinski definition) is 5. The summed E-state index contributed by atoms with van der Waals surface area (Å²) in [4.78, 5) is 3.81. The molecule has 1 aromatic rings. The highest BCUT2D eigenvalue weighted by atomic mass is 32.2. The van der Waals surface area contributed by atoms with E-state index in [2.05, 4.69) is 9.71 Å². The Bertz CT molecular complexity index is 469. The van der Waals surface area contributed by atoms with Crippen LogP contribution in [0, 0.1) is 0 Å². The van der Waals surface area contributed by atoms with Crippen molar-refractivity contribution in [3.8, 4) is 0 Å². The van der Waals surface area contributed by atoms with Crippen molar-refractivity contribution in [2.75, 3.05) is 17.2 Å². The molecule has 0 saturated carbocycles. The third-order valence-corrected chi connectivity index (χ3v) is 4.96. The number of nitrogens with zero attached hydrogens (tertiary/aromatic N) is 1. The predicted molar refractivity (Wildman–Crippen MR) is 64.7 cm³/mol. The van der Waals surface area contributed by atoms with Gasteiger partial charge < -0.3 is 5.73 Å². The summed E-state index contributed by atoms with van der Waals surface area (Å²) < 4.78 is 26.5. The zero-order valence-electron chi connectivity index (χ0n) is 8.59. The van der Waals surface area contributed by atoms with E-state index in [1.54, 1.807) is 17.8 Å². The van der Waals surface area contributed by atoms with Gasteiger partial charge in [-0.3, -0.25) is 0 Å². The molecule has 88 valence electrons. The molecule has 1 aromatic heterocycles. The van der Waals surface area contributed by atoms with Crippen LogP contribution in [-0.2, 0) is 10.0 Å². The summed E-state index contributed by atoms with van der Waals surface area (Å²) in [6.07, 6.45) is 2.28. The normalized spacial score (nSPS) is 21.1. The van der Waals surface area contributed by atoms with E-state index in [0.717, 1.165) is 17.9 Å². The Morgan fingerprint density at radius 2 is 2.38 bits per heavy atom. The van der Waals surface area contributed by atoms with E-state index >= 15 is 0 Å². The molecule has 16 heavy (non-hydrogen) atoms. The average Bonchev–Trinajstić information content (AvgIpc) is 2.70. The average molecular weight is 259 g/mol. The lowest BCUT2D eigenvalue weighted by molar-refractivity contribution is 0.560. The van der Waals surface area contributed by atoms with Gasteiger partial charge in [0.15, 0.2) is 5.03 Å². The molecule has 2 rings (SSSR count). The maximum Gasteiger partial charge on any atom is 0.260 e. The third kappa shape index (κ3) is 2.47. The minimum atomic E-state index is -3.57. The first-order valence-corrected chi connectivity index (χ1v) is 7.54. The molecule has 0 amide bonds. The second-order valence-electron chi connectivity index (χ2n) is 3.58. The number of thioether (sulfide) groups is 1. The number of aromatic nitrogens is 1. The highest BCUT2D eigenvalue weighted by molar-refractivity contribution is 7.99. The summed E-state index contributed by atoms with van der Waals surface area (Å²) in [6.45, 7) is 0. The van der Waals surface area contributed by atoms with Gasteiger partial charge in [-0.15, -0.1) is 0 Å². The van der Waals surface area contributed by atoms with Crippen molar-refractivity contribution in [3.05, 3.63) is 18.3 Å². The summed E-state index contributed by atoms with van der Waals surface area (Å²) in [5, 5.41) is -0.0769. The molecule has 3 N–H and O–H groups in total. The lowest BCUT2D eigenvalue weighted by atomic mass is 10.3. The van der Waals surface area contributed by atoms with Crippen LogP contribution in [0.4, 0.5) is 5.69 Å². The Morgan fingerprint density at radius 3 is 3.00 bits per heavy atom. The van der Waals surface area contributed by atoms with Crippen LogP contribution < -0.4 is 10.5 Å². The topological polar surface area (TPSA) is 85.1 Å². The molecule has 1 aliphatic rings. The molecule has 0 aliphatic carbocycles. The lowest BCUT2D eigenvalue weighted by Gasteiger charge is -2.12. The highest BCUT2D eigenvalue weighted by Crippen LogP contribution is 2.20. The molecule has 1 unspecified atom stereocenters. The molecule has 2 heterocycles. The van der Waals surface area contributed by atoms with E-state index in [4.69, 9.17) is 5.73 Å². The van der Waals surface area contributed by atoms with E-state index in [9.17, 15) is 8.42 Å². The molecule has 0 aromatic carbocycles. The second-order valence-corrected chi connectivity index (χ2v) is 6.36. The smallest absolute Gasteiger partial charge is 0.260 e. The third-order valence-electron chi connectivity index (χ3n) is 2.31. The Kier molecular flexibility index (Phi) is 3.36. The van der Waals surface area contributed by atoms with Crippen LogP contribution in [0.1, 0.15) is 6.42 Å². The van der Waals surface area contributed by atoms with Gasteiger partial charge in [-0.25, -0.2) is 18.1 Å². The van der Waals surface area contributed by atoms with Crippen LogP contribution in [0.2, 0.25) is 0 Å². The maximum absolute atomic E-state index is 11.9. The van der Waals surface area contributed by atoms with Crippen molar-refractivity contribution in [1.82, 2.24) is 9.71 Å². The molecule has 0 radical (unpaired) electrons. The lowest BCUT2D eigenvalue weighted by Crippen LogP contribution is -2.35. The van der Waals surface area contributed by atoms with E-state index in [1.807, 2.05) is 0 Å². The monoisotopic (exact) mass is 259 g/mol. The number of nitrogen functional groups attached to an aromatic ring is 1. The Hall–Kier alpha value is -0.790. The molecule has 0 bridgehead atoms. The van der Waals surface area contributed by atoms with Gasteiger partial charge in [0.1, 0.15) is 0 Å². The quantitative estimate of drug-likeness (QED) is 0.823. The van der Waals surface area contributed by atoms with Gasteiger partial charge in [0.05, 0.1) is 5.69 Å². The Labute approximate surface area is 98.9 Å². The summed E-state index contributed by atoms with van der Waals surface area (Å²) in [5.41, 5.74) is 5.78. The zero-order valence-corrected chi connectivity index (χ0v) is 10.2. The maximum atomic E-state index is 11.9. The molecule has 7 heteroatoms. The standard InChI is InChI=1S/C9H13N3O2S2/c10-8-2-1-4-11-9(8)16(13,14)12-7-3-5-15-6-7/h1-2,4,7,12H,3,5-6,10H2. The summed E-state index contributed by atoms with van der Waals surface area (Å²) >= 11 is 1.74. The van der Waals surface area contributed by atoms with Crippen molar-refractivity contribution < 1.29 is 8.42 Å². The first-order valence-electron chi connectivity index (χ1n) is 4.90.